The minimum Gasteiger partial charge on any atom is -0.391 e. The second-order valence-electron chi connectivity index (χ2n) is 10.3. The third-order valence-corrected chi connectivity index (χ3v) is 9.89. The van der Waals surface area contributed by atoms with E-state index in [2.05, 4.69) is 5.32 Å². The predicted octanol–water partition coefficient (Wildman–Crippen LogP) is -1.08. The zero-order chi connectivity index (χ0) is 32.2. The fraction of sp³-hybridized carbons (Fsp3) is 0.458. The minimum absolute atomic E-state index is 0.122. The first-order valence-electron chi connectivity index (χ1n) is 12.5. The fourth-order valence-electron chi connectivity index (χ4n) is 5.19. The number of halogens is 3. The fourth-order valence-corrected chi connectivity index (χ4v) is 7.75. The van der Waals surface area contributed by atoms with Crippen molar-refractivity contribution in [1.29, 1.82) is 0 Å². The third kappa shape index (κ3) is 5.97. The molecule has 2 aromatic carbocycles. The van der Waals surface area contributed by atoms with E-state index in [1.807, 2.05) is 0 Å². The van der Waals surface area contributed by atoms with Crippen LogP contribution in [0, 0.1) is 17.6 Å². The number of carbonyl (C=O) groups excluding carboxylic acids is 1. The van der Waals surface area contributed by atoms with Crippen LogP contribution in [-0.2, 0) is 14.6 Å². The molecule has 1 heterocycles. The highest BCUT2D eigenvalue weighted by atomic mass is 35.5. The van der Waals surface area contributed by atoms with E-state index in [-0.39, 0.29) is 18.4 Å². The second-order valence-corrected chi connectivity index (χ2v) is 12.7. The summed E-state index contributed by atoms with van der Waals surface area (Å²) in [6.07, 6.45) is -3.55. The summed E-state index contributed by atoms with van der Waals surface area (Å²) in [7, 11) is 31.1. The highest BCUT2D eigenvalue weighted by molar-refractivity contribution is 7.92. The Morgan fingerprint density at radius 3 is 2.31 bits per heavy atom. The average molecular weight is 607 g/mol. The van der Waals surface area contributed by atoms with Crippen molar-refractivity contribution in [3.8, 4) is 0 Å². The molecule has 1 aliphatic heterocycles. The quantitative estimate of drug-likeness (QED) is 0.281. The van der Waals surface area contributed by atoms with Gasteiger partial charge in [0.25, 0.3) is 5.91 Å². The number of sulfone groups is 1. The Labute approximate surface area is 255 Å². The van der Waals surface area contributed by atoms with Crippen LogP contribution in [0.15, 0.2) is 29.2 Å². The van der Waals surface area contributed by atoms with Gasteiger partial charge in [-0.3, -0.25) is 4.79 Å². The zero-order valence-corrected chi connectivity index (χ0v) is 24.1. The number of carbonyl (C=O) groups is 1. The minimum atomic E-state index is -4.96. The lowest BCUT2D eigenvalue weighted by Gasteiger charge is -2.62. The van der Waals surface area contributed by atoms with Crippen LogP contribution in [0.2, 0.25) is 10.2 Å². The molecule has 4 N–H and O–H groups in total. The molecule has 1 aliphatic rings. The number of hydrogen-bond donors (Lipinski definition) is 4. The molecule has 12 radical (unpaired) electrons. The molecule has 0 aromatic heterocycles. The first-order chi connectivity index (χ1) is 19.1. The van der Waals surface area contributed by atoms with Gasteiger partial charge in [-0.2, -0.15) is 0 Å². The van der Waals surface area contributed by atoms with E-state index in [4.69, 9.17) is 63.4 Å². The topological polar surface area (TPSA) is 133 Å². The van der Waals surface area contributed by atoms with Gasteiger partial charge >= 0.3 is 0 Å². The SMILES string of the molecule is [B]c1cc(F)c(F)c([B])c1NC(=O)c1ccc(Cl)c(S(=O)(=O)[C@@H]2C([B])([B])O[C@](O)([C@@H](O)[C@H](C)O)[C@@H](CCC)C2([B])[B])c1. The summed E-state index contributed by atoms with van der Waals surface area (Å²) >= 11 is 6.22. The lowest BCUT2D eigenvalue weighted by Crippen LogP contribution is -2.73. The van der Waals surface area contributed by atoms with Crippen molar-refractivity contribution in [1.82, 2.24) is 0 Å². The number of benzene rings is 2. The van der Waals surface area contributed by atoms with Crippen LogP contribution in [0.3, 0.4) is 0 Å². The van der Waals surface area contributed by atoms with Crippen LogP contribution in [0.5, 0.6) is 0 Å². The number of nitrogens with one attached hydrogen (secondary N) is 1. The Balaban J connectivity index is 2.13. The number of anilines is 1. The maximum Gasteiger partial charge on any atom is 0.255 e. The van der Waals surface area contributed by atoms with E-state index in [1.165, 1.54) is 0 Å². The van der Waals surface area contributed by atoms with E-state index in [9.17, 15) is 37.3 Å². The third-order valence-electron chi connectivity index (χ3n) is 7.10. The molecule has 1 fully saturated rings. The van der Waals surface area contributed by atoms with Gasteiger partial charge in [-0.05, 0) is 43.1 Å². The molecule has 0 saturated carbocycles. The number of hydrogen-bond acceptors (Lipinski definition) is 7. The molecular formula is C24H22B6ClF2NO7S. The van der Waals surface area contributed by atoms with Crippen LogP contribution in [-0.4, -0.2) is 105 Å². The van der Waals surface area contributed by atoms with Gasteiger partial charge in [-0.1, -0.05) is 35.6 Å². The summed E-state index contributed by atoms with van der Waals surface area (Å²) in [6.45, 7) is 2.77. The molecule has 0 unspecified atom stereocenters. The molecule has 8 nitrogen and oxygen atoms in total. The maximum absolute atomic E-state index is 14.1. The molecule has 2 aromatic rings. The second kappa shape index (κ2) is 12.0. The molecule has 18 heteroatoms. The van der Waals surface area contributed by atoms with Crippen molar-refractivity contribution in [2.45, 2.75) is 65.4 Å². The summed E-state index contributed by atoms with van der Waals surface area (Å²) in [6, 6.07) is 3.54. The molecule has 1 saturated heterocycles. The lowest BCUT2D eigenvalue weighted by molar-refractivity contribution is -0.332. The average Bonchev–Trinajstić information content (AvgIpc) is 2.86. The number of amides is 1. The van der Waals surface area contributed by atoms with Gasteiger partial charge in [0.1, 0.15) is 37.5 Å². The van der Waals surface area contributed by atoms with Crippen molar-refractivity contribution in [3.05, 3.63) is 46.5 Å². The monoisotopic (exact) mass is 607 g/mol. The number of rotatable bonds is 8. The number of aliphatic hydroxyl groups excluding tert-OH is 2. The summed E-state index contributed by atoms with van der Waals surface area (Å²) in [4.78, 5) is 12.3. The standard InChI is InChI=1S/C24H22B6ClF2NO7S/c1-3-4-15-22(27,28)21(24(29,30)41-23(15,38)19(36)9(2)35)42(39,40)14-7-10(5-6-12(14)31)20(37)34-18-11(25)8-13(32)17(33)16(18)26/h5-9,15,19,21,35-36,38H,3-4H2,1-2H3,(H,34,37)/t9-,15-,19-,21-,23-/m0/s1. The summed E-state index contributed by atoms with van der Waals surface area (Å²) < 4.78 is 61.1. The molecule has 5 atom stereocenters. The molecule has 0 spiro atoms. The summed E-state index contributed by atoms with van der Waals surface area (Å²) in [5, 5.41) is 26.0. The lowest BCUT2D eigenvalue weighted by atomic mass is 9.37. The van der Waals surface area contributed by atoms with Gasteiger partial charge < -0.3 is 25.4 Å². The van der Waals surface area contributed by atoms with Gasteiger partial charge in [0.15, 0.2) is 27.3 Å². The molecule has 210 valence electrons. The summed E-state index contributed by atoms with van der Waals surface area (Å²) in [5.41, 5.74) is -2.06. The zero-order valence-electron chi connectivity index (χ0n) is 22.5. The highest BCUT2D eigenvalue weighted by Crippen LogP contribution is 2.56. The molecule has 0 aliphatic carbocycles. The number of ether oxygens (including phenoxy) is 1. The Hall–Kier alpha value is -1.76. The van der Waals surface area contributed by atoms with Crippen molar-refractivity contribution < 1.29 is 42.0 Å². The van der Waals surface area contributed by atoms with Gasteiger partial charge in [-0.15, -0.1) is 0 Å². The first kappa shape index (κ1) is 34.7. The van der Waals surface area contributed by atoms with Crippen molar-refractivity contribution in [3.63, 3.8) is 0 Å². The highest BCUT2D eigenvalue weighted by Gasteiger charge is 2.65. The molecule has 3 rings (SSSR count). The predicted molar refractivity (Wildman–Crippen MR) is 158 cm³/mol. The van der Waals surface area contributed by atoms with E-state index in [1.54, 1.807) is 6.92 Å². The number of aliphatic hydroxyl groups is 3. The van der Waals surface area contributed by atoms with Crippen LogP contribution in [0.4, 0.5) is 14.5 Å². The molecule has 0 bridgehead atoms. The van der Waals surface area contributed by atoms with E-state index in [0.717, 1.165) is 25.1 Å². The van der Waals surface area contributed by atoms with Crippen LogP contribution >= 0.6 is 11.6 Å². The first-order valence-corrected chi connectivity index (χ1v) is 14.4. The van der Waals surface area contributed by atoms with Crippen LogP contribution in [0.25, 0.3) is 0 Å². The van der Waals surface area contributed by atoms with Crippen molar-refractivity contribution in [2.75, 3.05) is 5.32 Å². The Kier molecular flexibility index (Phi) is 9.90. The normalized spacial score (nSPS) is 25.0. The Morgan fingerprint density at radius 2 is 1.76 bits per heavy atom. The van der Waals surface area contributed by atoms with E-state index < -0.39 is 93.7 Å². The molecule has 1 amide bonds. The van der Waals surface area contributed by atoms with Crippen LogP contribution < -0.4 is 16.2 Å². The van der Waals surface area contributed by atoms with E-state index in [0.29, 0.717) is 6.07 Å². The summed E-state index contributed by atoms with van der Waals surface area (Å²) in [5.74, 6) is -8.23. The Bertz CT molecular complexity index is 1500. The van der Waals surface area contributed by atoms with Gasteiger partial charge in [0, 0.05) is 22.6 Å². The van der Waals surface area contributed by atoms with Crippen molar-refractivity contribution >= 4 is 91.0 Å². The molecule has 42 heavy (non-hydrogen) atoms. The largest absolute Gasteiger partial charge is 0.391 e. The van der Waals surface area contributed by atoms with Gasteiger partial charge in [0.2, 0.25) is 0 Å². The van der Waals surface area contributed by atoms with E-state index >= 15 is 0 Å². The van der Waals surface area contributed by atoms with Crippen LogP contribution in [0.1, 0.15) is 37.0 Å². The van der Waals surface area contributed by atoms with Crippen molar-refractivity contribution in [2.24, 2.45) is 5.92 Å². The smallest absolute Gasteiger partial charge is 0.255 e. The van der Waals surface area contributed by atoms with Gasteiger partial charge in [-0.25, -0.2) is 17.2 Å². The molecular weight excluding hydrogens is 585 g/mol. The van der Waals surface area contributed by atoms with Gasteiger partial charge in [0.05, 0.1) is 37.0 Å². The maximum atomic E-state index is 14.1. The Morgan fingerprint density at radius 1 is 1.17 bits per heavy atom.